The summed E-state index contributed by atoms with van der Waals surface area (Å²) in [4.78, 5) is 12.7. The van der Waals surface area contributed by atoms with E-state index in [0.29, 0.717) is 47.5 Å². The third-order valence-electron chi connectivity index (χ3n) is 5.06. The maximum absolute atomic E-state index is 12.8. The summed E-state index contributed by atoms with van der Waals surface area (Å²) in [5, 5.41) is 3.73. The van der Waals surface area contributed by atoms with Crippen LogP contribution in [0.3, 0.4) is 0 Å². The molecule has 0 aromatic heterocycles. The number of rotatable bonds is 7. The Labute approximate surface area is 192 Å². The van der Waals surface area contributed by atoms with Gasteiger partial charge in [-0.25, -0.2) is 8.42 Å². The highest BCUT2D eigenvalue weighted by Crippen LogP contribution is 2.28. The lowest BCUT2D eigenvalue weighted by Crippen LogP contribution is -2.49. The molecule has 10 heteroatoms. The fourth-order valence-corrected chi connectivity index (χ4v) is 5.19. The summed E-state index contributed by atoms with van der Waals surface area (Å²) in [7, 11) is -2.06. The van der Waals surface area contributed by atoms with Gasteiger partial charge in [-0.3, -0.25) is 4.79 Å². The Morgan fingerprint density at radius 1 is 1.13 bits per heavy atom. The summed E-state index contributed by atoms with van der Waals surface area (Å²) in [6, 6.07) is 10.9. The fourth-order valence-electron chi connectivity index (χ4n) is 3.27. The molecule has 0 spiro atoms. The standard InChI is InChI=1S/C21H24Cl2N2O5S/c1-14(30-20-8-3-15(22)13-19(20)23)21(26)24-16-9-11-25(12-10-16)31(27,28)18-6-4-17(29-2)5-7-18/h3-8,13-14,16H,9-12H2,1-2H3,(H,24,26)/t14-/m0/s1. The van der Waals surface area contributed by atoms with Crippen LogP contribution in [0.25, 0.3) is 0 Å². The number of nitrogens with one attached hydrogen (secondary N) is 1. The van der Waals surface area contributed by atoms with Crippen molar-refractivity contribution in [3.05, 3.63) is 52.5 Å². The number of nitrogens with zero attached hydrogens (tertiary/aromatic N) is 1. The second-order valence-corrected chi connectivity index (χ2v) is 9.98. The average molecular weight is 487 g/mol. The van der Waals surface area contributed by atoms with E-state index in [1.807, 2.05) is 0 Å². The third-order valence-corrected chi connectivity index (χ3v) is 7.51. The lowest BCUT2D eigenvalue weighted by Gasteiger charge is -2.32. The number of carbonyl (C=O) groups excluding carboxylic acids is 1. The van der Waals surface area contributed by atoms with E-state index >= 15 is 0 Å². The largest absolute Gasteiger partial charge is 0.497 e. The first-order valence-electron chi connectivity index (χ1n) is 9.77. The molecule has 0 radical (unpaired) electrons. The topological polar surface area (TPSA) is 84.9 Å². The first-order valence-corrected chi connectivity index (χ1v) is 12.0. The Balaban J connectivity index is 1.53. The molecule has 2 aromatic carbocycles. The monoisotopic (exact) mass is 486 g/mol. The highest BCUT2D eigenvalue weighted by molar-refractivity contribution is 7.89. The first-order chi connectivity index (χ1) is 14.7. The van der Waals surface area contributed by atoms with Crippen molar-refractivity contribution in [1.82, 2.24) is 9.62 Å². The van der Waals surface area contributed by atoms with Crippen molar-refractivity contribution in [2.24, 2.45) is 0 Å². The van der Waals surface area contributed by atoms with Crippen molar-refractivity contribution in [2.45, 2.75) is 36.8 Å². The minimum atomic E-state index is -3.59. The fraction of sp³-hybridized carbons (Fsp3) is 0.381. The molecule has 1 saturated heterocycles. The number of piperidine rings is 1. The maximum Gasteiger partial charge on any atom is 0.260 e. The molecular formula is C21H24Cl2N2O5S. The van der Waals surface area contributed by atoms with E-state index in [1.54, 1.807) is 37.3 Å². The zero-order valence-electron chi connectivity index (χ0n) is 17.2. The molecule has 31 heavy (non-hydrogen) atoms. The molecule has 1 aliphatic heterocycles. The predicted octanol–water partition coefficient (Wildman–Crippen LogP) is 3.74. The van der Waals surface area contributed by atoms with Gasteiger partial charge in [0.05, 0.1) is 17.0 Å². The molecule has 1 amide bonds. The smallest absolute Gasteiger partial charge is 0.260 e. The molecule has 0 unspecified atom stereocenters. The molecule has 1 heterocycles. The third kappa shape index (κ3) is 5.83. The number of benzene rings is 2. The summed E-state index contributed by atoms with van der Waals surface area (Å²) in [6.45, 7) is 2.26. The lowest BCUT2D eigenvalue weighted by molar-refractivity contribution is -0.128. The van der Waals surface area contributed by atoms with E-state index in [-0.39, 0.29) is 16.8 Å². The van der Waals surface area contributed by atoms with Crippen molar-refractivity contribution < 1.29 is 22.7 Å². The molecular weight excluding hydrogens is 463 g/mol. The van der Waals surface area contributed by atoms with Crippen LogP contribution in [-0.4, -0.2) is 51.0 Å². The highest BCUT2D eigenvalue weighted by atomic mass is 35.5. The summed E-state index contributed by atoms with van der Waals surface area (Å²) in [5.74, 6) is 0.674. The molecule has 1 aliphatic rings. The van der Waals surface area contributed by atoms with Gasteiger partial charge in [0.1, 0.15) is 11.5 Å². The van der Waals surface area contributed by atoms with E-state index in [4.69, 9.17) is 32.7 Å². The molecule has 7 nitrogen and oxygen atoms in total. The molecule has 3 rings (SSSR count). The molecule has 2 aromatic rings. The molecule has 1 N–H and O–H groups in total. The van der Waals surface area contributed by atoms with Crippen LogP contribution in [0.15, 0.2) is 47.4 Å². The Bertz CT molecular complexity index is 1020. The van der Waals surface area contributed by atoms with Gasteiger partial charge in [0, 0.05) is 24.2 Å². The summed E-state index contributed by atoms with van der Waals surface area (Å²) in [5.41, 5.74) is 0. The van der Waals surface area contributed by atoms with Crippen LogP contribution in [0.1, 0.15) is 19.8 Å². The summed E-state index contributed by atoms with van der Waals surface area (Å²) < 4.78 is 37.8. The molecule has 1 atom stereocenters. The molecule has 168 valence electrons. The van der Waals surface area contributed by atoms with Gasteiger partial charge >= 0.3 is 0 Å². The minimum absolute atomic E-state index is 0.137. The highest BCUT2D eigenvalue weighted by Gasteiger charge is 2.30. The summed E-state index contributed by atoms with van der Waals surface area (Å²) in [6.07, 6.45) is 0.255. The van der Waals surface area contributed by atoms with Gasteiger partial charge in [-0.2, -0.15) is 4.31 Å². The van der Waals surface area contributed by atoms with E-state index in [0.717, 1.165) is 0 Å². The quantitative estimate of drug-likeness (QED) is 0.644. The second-order valence-electron chi connectivity index (χ2n) is 7.20. The van der Waals surface area contributed by atoms with Crippen molar-refractivity contribution in [3.8, 4) is 11.5 Å². The Hall–Kier alpha value is -2.00. The van der Waals surface area contributed by atoms with E-state index in [9.17, 15) is 13.2 Å². The lowest BCUT2D eigenvalue weighted by atomic mass is 10.1. The first kappa shape index (κ1) is 23.7. The average Bonchev–Trinajstić information content (AvgIpc) is 2.76. The second kappa shape index (κ2) is 10.1. The Kier molecular flexibility index (Phi) is 7.69. The number of ether oxygens (including phenoxy) is 2. The van der Waals surface area contributed by atoms with Crippen molar-refractivity contribution in [2.75, 3.05) is 20.2 Å². The van der Waals surface area contributed by atoms with Crippen LogP contribution in [0, 0.1) is 0 Å². The van der Waals surface area contributed by atoms with Crippen molar-refractivity contribution >= 4 is 39.1 Å². The zero-order chi connectivity index (χ0) is 22.6. The number of halogens is 2. The molecule has 0 bridgehead atoms. The Morgan fingerprint density at radius 3 is 2.35 bits per heavy atom. The number of amides is 1. The van der Waals surface area contributed by atoms with Crippen LogP contribution >= 0.6 is 23.2 Å². The van der Waals surface area contributed by atoms with E-state index < -0.39 is 16.1 Å². The number of hydrogen-bond acceptors (Lipinski definition) is 5. The number of sulfonamides is 1. The van der Waals surface area contributed by atoms with Crippen molar-refractivity contribution in [3.63, 3.8) is 0 Å². The van der Waals surface area contributed by atoms with Gasteiger partial charge in [0.2, 0.25) is 10.0 Å². The summed E-state index contributed by atoms with van der Waals surface area (Å²) >= 11 is 12.0. The van der Waals surface area contributed by atoms with Crippen LogP contribution in [0.2, 0.25) is 10.0 Å². The van der Waals surface area contributed by atoms with Gasteiger partial charge < -0.3 is 14.8 Å². The van der Waals surface area contributed by atoms with E-state index in [1.165, 1.54) is 23.5 Å². The zero-order valence-corrected chi connectivity index (χ0v) is 19.5. The predicted molar refractivity (Wildman–Crippen MR) is 119 cm³/mol. The van der Waals surface area contributed by atoms with E-state index in [2.05, 4.69) is 5.32 Å². The Morgan fingerprint density at radius 2 is 1.77 bits per heavy atom. The van der Waals surface area contributed by atoms with Crippen LogP contribution in [0.5, 0.6) is 11.5 Å². The molecule has 1 fully saturated rings. The van der Waals surface area contributed by atoms with Crippen LogP contribution in [-0.2, 0) is 14.8 Å². The van der Waals surface area contributed by atoms with Gasteiger partial charge in [-0.1, -0.05) is 23.2 Å². The minimum Gasteiger partial charge on any atom is -0.497 e. The number of carbonyl (C=O) groups is 1. The van der Waals surface area contributed by atoms with Gasteiger partial charge in [0.25, 0.3) is 5.91 Å². The van der Waals surface area contributed by atoms with Crippen LogP contribution in [0.4, 0.5) is 0 Å². The van der Waals surface area contributed by atoms with Gasteiger partial charge in [-0.05, 0) is 62.2 Å². The van der Waals surface area contributed by atoms with Gasteiger partial charge in [0.15, 0.2) is 6.10 Å². The molecule has 0 aliphatic carbocycles. The number of hydrogen-bond donors (Lipinski definition) is 1. The van der Waals surface area contributed by atoms with Crippen LogP contribution < -0.4 is 14.8 Å². The normalized spacial score (nSPS) is 16.5. The van der Waals surface area contributed by atoms with Crippen molar-refractivity contribution in [1.29, 1.82) is 0 Å². The SMILES string of the molecule is COc1ccc(S(=O)(=O)N2CCC(NC(=O)[C@H](C)Oc3ccc(Cl)cc3Cl)CC2)cc1. The maximum atomic E-state index is 12.8. The number of methoxy groups -OCH3 is 1. The van der Waals surface area contributed by atoms with Gasteiger partial charge in [-0.15, -0.1) is 0 Å². The molecule has 0 saturated carbocycles.